The quantitative estimate of drug-likeness (QED) is 0.358. The summed E-state index contributed by atoms with van der Waals surface area (Å²) < 4.78 is 11.2. The first-order valence-electron chi connectivity index (χ1n) is 12.5. The van der Waals surface area contributed by atoms with Crippen LogP contribution in [0.4, 0.5) is 0 Å². The predicted molar refractivity (Wildman–Crippen MR) is 142 cm³/mol. The molecule has 1 fully saturated rings. The minimum absolute atomic E-state index is 0. The van der Waals surface area contributed by atoms with Crippen LogP contribution in [0.15, 0.2) is 59.4 Å². The molecule has 1 atom stereocenters. The van der Waals surface area contributed by atoms with E-state index in [1.54, 1.807) is 12.4 Å². The molecule has 1 aliphatic rings. The van der Waals surface area contributed by atoms with Gasteiger partial charge in [-0.05, 0) is 51.3 Å². The highest BCUT2D eigenvalue weighted by atomic mass is 16.5. The second-order valence-corrected chi connectivity index (χ2v) is 9.92. The molecule has 0 radical (unpaired) electrons. The van der Waals surface area contributed by atoms with Crippen molar-refractivity contribution in [3.05, 3.63) is 71.8 Å². The number of ether oxygens (including phenoxy) is 1. The highest BCUT2D eigenvalue weighted by molar-refractivity contribution is 5.68. The van der Waals surface area contributed by atoms with Crippen molar-refractivity contribution in [3.63, 3.8) is 0 Å². The molecule has 190 valence electrons. The van der Waals surface area contributed by atoms with Crippen LogP contribution in [0.1, 0.15) is 45.1 Å². The number of benzene rings is 1. The molecule has 0 spiro atoms. The van der Waals surface area contributed by atoms with Gasteiger partial charge >= 0.3 is 0 Å². The molecule has 4 heterocycles. The molecule has 37 heavy (non-hydrogen) atoms. The summed E-state index contributed by atoms with van der Waals surface area (Å²) >= 11 is 0. The van der Waals surface area contributed by atoms with E-state index >= 15 is 0 Å². The van der Waals surface area contributed by atoms with Crippen molar-refractivity contribution in [3.8, 4) is 40.0 Å². The minimum atomic E-state index is -0.702. The molecule has 1 unspecified atom stereocenters. The highest BCUT2D eigenvalue weighted by Gasteiger charge is 2.22. The van der Waals surface area contributed by atoms with Gasteiger partial charge < -0.3 is 14.6 Å². The summed E-state index contributed by atoms with van der Waals surface area (Å²) in [5.74, 6) is 0.552. The molecule has 0 saturated carbocycles. The number of aryl methyl sites for hydroxylation is 1. The number of aromatic nitrogens is 4. The highest BCUT2D eigenvalue weighted by Crippen LogP contribution is 2.30. The van der Waals surface area contributed by atoms with E-state index in [1.165, 1.54) is 5.56 Å². The fraction of sp³-hybridized carbons (Fsp3) is 0.345. The third-order valence-corrected chi connectivity index (χ3v) is 6.68. The zero-order chi connectivity index (χ0) is 25.8. The number of rotatable bonds is 7. The lowest BCUT2D eigenvalue weighted by Crippen LogP contribution is -2.36. The molecule has 8 heteroatoms. The Bertz CT molecular complexity index is 1420. The lowest BCUT2D eigenvalue weighted by atomic mass is 9.90. The second kappa shape index (κ2) is 10.6. The standard InChI is InChI=1S/C29H30N6O2.H2/c1-19-28(34-25(16-32-19)22-10-11-31-27(13-22)29(2,3)18-30)26-14-24(35-37-26)21-8-6-20(7-9-21)15-33-23-5-4-12-36-17-23;/h6-11,13-14,16,23,33H,4-5,12,15,17H2,1-3H3;1H. The van der Waals surface area contributed by atoms with Crippen LogP contribution in [0.3, 0.4) is 0 Å². The van der Waals surface area contributed by atoms with Crippen molar-refractivity contribution in [1.29, 1.82) is 5.26 Å². The molecule has 0 bridgehead atoms. The lowest BCUT2D eigenvalue weighted by molar-refractivity contribution is 0.0699. The SMILES string of the molecule is Cc1ncc(-c2ccnc(C(C)(C)C#N)c2)nc1-c1cc(-c2ccc(CNC3CCCOC3)cc2)no1.[HH]. The number of hydrogen-bond acceptors (Lipinski definition) is 8. The average Bonchev–Trinajstić information content (AvgIpc) is 3.43. The van der Waals surface area contributed by atoms with Gasteiger partial charge in [0.15, 0.2) is 5.76 Å². The van der Waals surface area contributed by atoms with Gasteiger partial charge in [0.25, 0.3) is 0 Å². The van der Waals surface area contributed by atoms with Crippen LogP contribution in [0.2, 0.25) is 0 Å². The van der Waals surface area contributed by atoms with Gasteiger partial charge in [0, 0.05) is 44.0 Å². The predicted octanol–water partition coefficient (Wildman–Crippen LogP) is 5.48. The van der Waals surface area contributed by atoms with E-state index in [1.807, 2.05) is 39.0 Å². The van der Waals surface area contributed by atoms with E-state index in [4.69, 9.17) is 14.2 Å². The third kappa shape index (κ3) is 5.58. The van der Waals surface area contributed by atoms with Gasteiger partial charge in [0.1, 0.15) is 11.4 Å². The summed E-state index contributed by atoms with van der Waals surface area (Å²) in [5.41, 5.74) is 5.79. The van der Waals surface area contributed by atoms with Crippen LogP contribution in [0.5, 0.6) is 0 Å². The largest absolute Gasteiger partial charge is 0.380 e. The Morgan fingerprint density at radius 1 is 1.11 bits per heavy atom. The molecule has 3 aromatic heterocycles. The summed E-state index contributed by atoms with van der Waals surface area (Å²) in [5, 5.41) is 17.3. The molecule has 5 rings (SSSR count). The number of nitrogens with zero attached hydrogens (tertiary/aromatic N) is 5. The van der Waals surface area contributed by atoms with Gasteiger partial charge in [-0.2, -0.15) is 5.26 Å². The van der Waals surface area contributed by atoms with Crippen molar-refractivity contribution < 1.29 is 10.7 Å². The fourth-order valence-corrected chi connectivity index (χ4v) is 4.29. The van der Waals surface area contributed by atoms with E-state index in [-0.39, 0.29) is 1.43 Å². The summed E-state index contributed by atoms with van der Waals surface area (Å²) in [4.78, 5) is 13.7. The van der Waals surface area contributed by atoms with E-state index in [0.29, 0.717) is 28.9 Å². The molecular weight excluding hydrogens is 464 g/mol. The van der Waals surface area contributed by atoms with Crippen molar-refractivity contribution in [2.45, 2.75) is 51.6 Å². The van der Waals surface area contributed by atoms with Crippen molar-refractivity contribution in [2.75, 3.05) is 13.2 Å². The van der Waals surface area contributed by atoms with Gasteiger partial charge in [-0.3, -0.25) is 9.97 Å². The Balaban J connectivity index is 0.00000336. The molecule has 1 saturated heterocycles. The van der Waals surface area contributed by atoms with Gasteiger partial charge in [0.05, 0.1) is 41.4 Å². The second-order valence-electron chi connectivity index (χ2n) is 9.92. The normalized spacial score (nSPS) is 15.9. The lowest BCUT2D eigenvalue weighted by Gasteiger charge is -2.23. The van der Waals surface area contributed by atoms with Gasteiger partial charge in [-0.1, -0.05) is 29.4 Å². The molecular formula is C29H32N6O2. The Kier molecular flexibility index (Phi) is 7.08. The Morgan fingerprint density at radius 3 is 2.70 bits per heavy atom. The van der Waals surface area contributed by atoms with E-state index in [9.17, 15) is 5.26 Å². The first-order valence-corrected chi connectivity index (χ1v) is 12.5. The van der Waals surface area contributed by atoms with Crippen LogP contribution in [-0.4, -0.2) is 39.4 Å². The molecule has 1 N–H and O–H groups in total. The third-order valence-electron chi connectivity index (χ3n) is 6.68. The van der Waals surface area contributed by atoms with Crippen LogP contribution in [0.25, 0.3) is 34.0 Å². The van der Waals surface area contributed by atoms with Crippen LogP contribution < -0.4 is 5.32 Å². The molecule has 1 aromatic carbocycles. The molecule has 4 aromatic rings. The summed E-state index contributed by atoms with van der Waals surface area (Å²) in [7, 11) is 0. The maximum Gasteiger partial charge on any atom is 0.187 e. The van der Waals surface area contributed by atoms with Gasteiger partial charge in [-0.15, -0.1) is 0 Å². The Labute approximate surface area is 218 Å². The zero-order valence-electron chi connectivity index (χ0n) is 21.4. The molecule has 1 aliphatic heterocycles. The topological polar surface area (TPSA) is 110 Å². The summed E-state index contributed by atoms with van der Waals surface area (Å²) in [6, 6.07) is 16.7. The minimum Gasteiger partial charge on any atom is -0.380 e. The molecule has 8 nitrogen and oxygen atoms in total. The van der Waals surface area contributed by atoms with Crippen LogP contribution in [0, 0.1) is 18.3 Å². The fourth-order valence-electron chi connectivity index (χ4n) is 4.29. The first-order chi connectivity index (χ1) is 17.9. The van der Waals surface area contributed by atoms with Crippen LogP contribution in [-0.2, 0) is 16.7 Å². The zero-order valence-corrected chi connectivity index (χ0v) is 21.4. The van der Waals surface area contributed by atoms with E-state index in [2.05, 4.69) is 50.8 Å². The average molecular weight is 497 g/mol. The molecule has 0 amide bonds. The maximum atomic E-state index is 9.49. The Hall–Kier alpha value is -3.93. The van der Waals surface area contributed by atoms with Gasteiger partial charge in [0.2, 0.25) is 0 Å². The van der Waals surface area contributed by atoms with E-state index in [0.717, 1.165) is 55.1 Å². The monoisotopic (exact) mass is 496 g/mol. The smallest absolute Gasteiger partial charge is 0.187 e. The maximum absolute atomic E-state index is 9.49. The molecule has 0 aliphatic carbocycles. The van der Waals surface area contributed by atoms with E-state index < -0.39 is 5.41 Å². The summed E-state index contributed by atoms with van der Waals surface area (Å²) in [6.07, 6.45) is 5.69. The summed E-state index contributed by atoms with van der Waals surface area (Å²) in [6.45, 7) is 8.04. The first kappa shape index (κ1) is 24.8. The number of nitrogens with one attached hydrogen (secondary N) is 1. The number of pyridine rings is 1. The number of hydrogen-bond donors (Lipinski definition) is 1. The van der Waals surface area contributed by atoms with Crippen molar-refractivity contribution in [1.82, 2.24) is 25.4 Å². The van der Waals surface area contributed by atoms with Crippen molar-refractivity contribution in [2.24, 2.45) is 0 Å². The van der Waals surface area contributed by atoms with Gasteiger partial charge in [-0.25, -0.2) is 4.98 Å². The van der Waals surface area contributed by atoms with Crippen LogP contribution >= 0.6 is 0 Å². The number of nitriles is 1. The van der Waals surface area contributed by atoms with Crippen molar-refractivity contribution >= 4 is 0 Å². The Morgan fingerprint density at radius 2 is 1.95 bits per heavy atom.